The highest BCUT2D eigenvalue weighted by molar-refractivity contribution is 4.85. The van der Waals surface area contributed by atoms with Crippen LogP contribution in [0.3, 0.4) is 0 Å². The molecule has 1 aliphatic heterocycles. The van der Waals surface area contributed by atoms with Gasteiger partial charge < -0.3 is 15.3 Å². The second-order valence-corrected chi connectivity index (χ2v) is 6.95. The summed E-state index contributed by atoms with van der Waals surface area (Å²) >= 11 is 0. The fourth-order valence-electron chi connectivity index (χ4n) is 2.70. The van der Waals surface area contributed by atoms with E-state index in [-0.39, 0.29) is 0 Å². The van der Waals surface area contributed by atoms with Gasteiger partial charge in [-0.25, -0.2) is 0 Å². The molecule has 0 aromatic carbocycles. The molecule has 0 spiro atoms. The molecule has 0 bridgehead atoms. The first-order chi connectivity index (χ1) is 8.30. The lowest BCUT2D eigenvalue weighted by Crippen LogP contribution is -2.51. The first-order valence-electron chi connectivity index (χ1n) is 7.44. The van der Waals surface area contributed by atoms with Crippen LogP contribution in [0.1, 0.15) is 47.0 Å². The number of nitrogens with one attached hydrogen (secondary N) is 1. The topological polar surface area (TPSA) is 35.5 Å². The van der Waals surface area contributed by atoms with Gasteiger partial charge in [-0.3, -0.25) is 0 Å². The van der Waals surface area contributed by atoms with E-state index >= 15 is 0 Å². The predicted octanol–water partition coefficient (Wildman–Crippen LogP) is 2.10. The highest BCUT2D eigenvalue weighted by Crippen LogP contribution is 2.19. The van der Waals surface area contributed by atoms with E-state index in [2.05, 4.69) is 38.0 Å². The van der Waals surface area contributed by atoms with Gasteiger partial charge in [0.05, 0.1) is 5.60 Å². The molecule has 0 aliphatic carbocycles. The Hall–Kier alpha value is -0.120. The van der Waals surface area contributed by atoms with E-state index in [1.165, 1.54) is 6.42 Å². The molecule has 0 radical (unpaired) electrons. The first-order valence-corrected chi connectivity index (χ1v) is 7.44. The van der Waals surface area contributed by atoms with Crippen LogP contribution < -0.4 is 5.32 Å². The molecule has 108 valence electrons. The Labute approximate surface area is 113 Å². The maximum atomic E-state index is 10.4. The molecule has 18 heavy (non-hydrogen) atoms. The van der Waals surface area contributed by atoms with Crippen molar-refractivity contribution in [3.8, 4) is 0 Å². The van der Waals surface area contributed by atoms with Crippen LogP contribution >= 0.6 is 0 Å². The summed E-state index contributed by atoms with van der Waals surface area (Å²) in [6, 6.07) is 0.562. The van der Waals surface area contributed by atoms with Crippen molar-refractivity contribution in [3.05, 3.63) is 0 Å². The molecule has 3 atom stereocenters. The van der Waals surface area contributed by atoms with E-state index in [1.807, 2.05) is 6.92 Å². The highest BCUT2D eigenvalue weighted by Gasteiger charge is 2.27. The number of aliphatic hydroxyl groups is 1. The van der Waals surface area contributed by atoms with Crippen LogP contribution in [-0.2, 0) is 0 Å². The summed E-state index contributed by atoms with van der Waals surface area (Å²) < 4.78 is 0. The molecule has 3 unspecified atom stereocenters. The minimum Gasteiger partial charge on any atom is -0.389 e. The van der Waals surface area contributed by atoms with E-state index in [4.69, 9.17) is 0 Å². The number of hydrogen-bond donors (Lipinski definition) is 2. The summed E-state index contributed by atoms with van der Waals surface area (Å²) in [5.41, 5.74) is -0.562. The third kappa shape index (κ3) is 5.68. The van der Waals surface area contributed by atoms with Gasteiger partial charge in [-0.2, -0.15) is 0 Å². The molecule has 1 aliphatic rings. The second-order valence-electron chi connectivity index (χ2n) is 6.95. The quantitative estimate of drug-likeness (QED) is 0.764. The van der Waals surface area contributed by atoms with E-state index in [1.54, 1.807) is 0 Å². The Kier molecular flexibility index (Phi) is 6.09. The normalized spacial score (nSPS) is 29.5. The molecule has 1 rings (SSSR count). The molecule has 0 amide bonds. The minimum absolute atomic E-state index is 0.562. The second kappa shape index (κ2) is 6.88. The van der Waals surface area contributed by atoms with Gasteiger partial charge in [0.25, 0.3) is 0 Å². The zero-order valence-electron chi connectivity index (χ0n) is 12.9. The lowest BCUT2D eigenvalue weighted by Gasteiger charge is -2.37. The molecule has 0 aromatic rings. The van der Waals surface area contributed by atoms with Gasteiger partial charge in [0.15, 0.2) is 0 Å². The van der Waals surface area contributed by atoms with E-state index in [0.29, 0.717) is 17.9 Å². The summed E-state index contributed by atoms with van der Waals surface area (Å²) in [6.45, 7) is 11.7. The third-order valence-electron chi connectivity index (χ3n) is 4.11. The van der Waals surface area contributed by atoms with Crippen LogP contribution in [0.5, 0.6) is 0 Å². The Morgan fingerprint density at radius 3 is 2.67 bits per heavy atom. The standard InChI is InChI=1S/C15H32N2O/c1-12(2)6-8-15(4,18)11-16-14-7-9-17(5)10-13(14)3/h12-14,16,18H,6-11H2,1-5H3. The van der Waals surface area contributed by atoms with Crippen molar-refractivity contribution in [2.75, 3.05) is 26.7 Å². The lowest BCUT2D eigenvalue weighted by atomic mass is 9.91. The van der Waals surface area contributed by atoms with Gasteiger partial charge in [0, 0.05) is 19.1 Å². The number of rotatable bonds is 6. The highest BCUT2D eigenvalue weighted by atomic mass is 16.3. The molecule has 1 heterocycles. The van der Waals surface area contributed by atoms with Crippen molar-refractivity contribution < 1.29 is 5.11 Å². The van der Waals surface area contributed by atoms with Gasteiger partial charge in [0.2, 0.25) is 0 Å². The molecular formula is C15H32N2O. The summed E-state index contributed by atoms with van der Waals surface area (Å²) in [6.07, 6.45) is 3.17. The molecular weight excluding hydrogens is 224 g/mol. The Morgan fingerprint density at radius 1 is 1.44 bits per heavy atom. The molecule has 3 nitrogen and oxygen atoms in total. The van der Waals surface area contributed by atoms with Crippen molar-refractivity contribution in [1.29, 1.82) is 0 Å². The molecule has 1 saturated heterocycles. The van der Waals surface area contributed by atoms with E-state index in [9.17, 15) is 5.11 Å². The number of hydrogen-bond acceptors (Lipinski definition) is 3. The van der Waals surface area contributed by atoms with Crippen molar-refractivity contribution in [2.24, 2.45) is 11.8 Å². The van der Waals surface area contributed by atoms with Crippen LogP contribution in [0.25, 0.3) is 0 Å². The van der Waals surface area contributed by atoms with Gasteiger partial charge in [-0.05, 0) is 51.6 Å². The Balaban J connectivity index is 2.30. The largest absolute Gasteiger partial charge is 0.389 e. The first kappa shape index (κ1) is 15.9. The number of piperidine rings is 1. The molecule has 0 aromatic heterocycles. The fourth-order valence-corrected chi connectivity index (χ4v) is 2.70. The number of likely N-dealkylation sites (tertiary alicyclic amines) is 1. The van der Waals surface area contributed by atoms with Crippen molar-refractivity contribution in [2.45, 2.75) is 58.6 Å². The SMILES string of the molecule is CC(C)CCC(C)(O)CNC1CCN(C)CC1C. The maximum Gasteiger partial charge on any atom is 0.0743 e. The summed E-state index contributed by atoms with van der Waals surface area (Å²) in [5, 5.41) is 13.9. The fraction of sp³-hybridized carbons (Fsp3) is 1.00. The zero-order chi connectivity index (χ0) is 13.8. The van der Waals surface area contributed by atoms with E-state index < -0.39 is 5.60 Å². The average Bonchev–Trinajstić information content (AvgIpc) is 2.25. The van der Waals surface area contributed by atoms with Crippen molar-refractivity contribution in [3.63, 3.8) is 0 Å². The third-order valence-corrected chi connectivity index (χ3v) is 4.11. The summed E-state index contributed by atoms with van der Waals surface area (Å²) in [5.74, 6) is 1.34. The Bertz CT molecular complexity index is 241. The molecule has 1 fully saturated rings. The monoisotopic (exact) mass is 256 g/mol. The Morgan fingerprint density at radius 2 is 2.11 bits per heavy atom. The average molecular weight is 256 g/mol. The molecule has 3 heteroatoms. The van der Waals surface area contributed by atoms with Crippen LogP contribution in [0, 0.1) is 11.8 Å². The van der Waals surface area contributed by atoms with Crippen LogP contribution in [0.15, 0.2) is 0 Å². The van der Waals surface area contributed by atoms with Gasteiger partial charge in [-0.1, -0.05) is 20.8 Å². The van der Waals surface area contributed by atoms with Crippen molar-refractivity contribution >= 4 is 0 Å². The summed E-state index contributed by atoms with van der Waals surface area (Å²) in [4.78, 5) is 2.39. The summed E-state index contributed by atoms with van der Waals surface area (Å²) in [7, 11) is 2.19. The molecule has 2 N–H and O–H groups in total. The van der Waals surface area contributed by atoms with E-state index in [0.717, 1.165) is 32.5 Å². The van der Waals surface area contributed by atoms with Gasteiger partial charge >= 0.3 is 0 Å². The van der Waals surface area contributed by atoms with Crippen LogP contribution in [0.4, 0.5) is 0 Å². The van der Waals surface area contributed by atoms with Crippen LogP contribution in [-0.4, -0.2) is 48.3 Å². The predicted molar refractivity (Wildman–Crippen MR) is 77.8 cm³/mol. The van der Waals surface area contributed by atoms with Crippen LogP contribution in [0.2, 0.25) is 0 Å². The van der Waals surface area contributed by atoms with Gasteiger partial charge in [-0.15, -0.1) is 0 Å². The lowest BCUT2D eigenvalue weighted by molar-refractivity contribution is 0.0365. The zero-order valence-corrected chi connectivity index (χ0v) is 12.9. The smallest absolute Gasteiger partial charge is 0.0743 e. The number of nitrogens with zero attached hydrogens (tertiary/aromatic N) is 1. The maximum absolute atomic E-state index is 10.4. The minimum atomic E-state index is -0.562. The molecule has 0 saturated carbocycles. The van der Waals surface area contributed by atoms with Gasteiger partial charge in [0.1, 0.15) is 0 Å². The van der Waals surface area contributed by atoms with Crippen molar-refractivity contribution in [1.82, 2.24) is 10.2 Å².